The first-order chi connectivity index (χ1) is 8.72. The molecule has 0 radical (unpaired) electrons. The van der Waals surface area contributed by atoms with E-state index in [2.05, 4.69) is 31.2 Å². The summed E-state index contributed by atoms with van der Waals surface area (Å²) >= 11 is 1.67. The average Bonchev–Trinajstić information content (AvgIpc) is 2.41. The molecule has 0 amide bonds. The van der Waals surface area contributed by atoms with Crippen LogP contribution in [0.4, 0.5) is 0 Å². The first-order valence-electron chi connectivity index (χ1n) is 5.69. The van der Waals surface area contributed by atoms with Crippen molar-refractivity contribution in [1.29, 1.82) is 0 Å². The van der Waals surface area contributed by atoms with Gasteiger partial charge >= 0.3 is 0 Å². The monoisotopic (exact) mass is 260 g/mol. The van der Waals surface area contributed by atoms with Crippen molar-refractivity contribution in [2.24, 2.45) is 0 Å². The number of methoxy groups -OCH3 is 2. The molecule has 0 saturated carbocycles. The molecule has 0 spiro atoms. The summed E-state index contributed by atoms with van der Waals surface area (Å²) in [5, 5.41) is 0. The fourth-order valence-corrected chi connectivity index (χ4v) is 2.55. The molecule has 94 valence electrons. The van der Waals surface area contributed by atoms with Gasteiger partial charge in [0, 0.05) is 4.90 Å². The van der Waals surface area contributed by atoms with E-state index in [4.69, 9.17) is 9.47 Å². The van der Waals surface area contributed by atoms with Crippen LogP contribution in [0.1, 0.15) is 5.56 Å². The van der Waals surface area contributed by atoms with Crippen LogP contribution < -0.4 is 9.47 Å². The molecule has 2 aromatic carbocycles. The Morgan fingerprint density at radius 3 is 2.22 bits per heavy atom. The summed E-state index contributed by atoms with van der Waals surface area (Å²) in [6, 6.07) is 14.2. The van der Waals surface area contributed by atoms with Crippen molar-refractivity contribution < 1.29 is 9.47 Å². The molecule has 0 heterocycles. The number of rotatable bonds is 4. The van der Waals surface area contributed by atoms with Crippen LogP contribution in [0, 0.1) is 6.92 Å². The lowest BCUT2D eigenvalue weighted by molar-refractivity contribution is 0.394. The summed E-state index contributed by atoms with van der Waals surface area (Å²) < 4.78 is 10.6. The van der Waals surface area contributed by atoms with E-state index in [0.29, 0.717) is 0 Å². The molecule has 0 N–H and O–H groups in total. The normalized spacial score (nSPS) is 10.2. The first-order valence-corrected chi connectivity index (χ1v) is 6.51. The molecule has 0 aliphatic heterocycles. The molecule has 0 saturated heterocycles. The SMILES string of the molecule is COc1ccc(OC)c(Sc2ccc(C)cc2)c1. The zero-order valence-electron chi connectivity index (χ0n) is 10.8. The molecule has 18 heavy (non-hydrogen) atoms. The van der Waals surface area contributed by atoms with Gasteiger partial charge in [-0.05, 0) is 37.3 Å². The van der Waals surface area contributed by atoms with Gasteiger partial charge < -0.3 is 9.47 Å². The highest BCUT2D eigenvalue weighted by Gasteiger charge is 2.06. The van der Waals surface area contributed by atoms with Gasteiger partial charge in [-0.25, -0.2) is 0 Å². The molecule has 0 aromatic heterocycles. The van der Waals surface area contributed by atoms with Gasteiger partial charge in [-0.15, -0.1) is 0 Å². The zero-order chi connectivity index (χ0) is 13.0. The molecule has 0 aliphatic rings. The van der Waals surface area contributed by atoms with Gasteiger partial charge in [0.2, 0.25) is 0 Å². The smallest absolute Gasteiger partial charge is 0.133 e. The number of benzene rings is 2. The molecule has 0 fully saturated rings. The highest BCUT2D eigenvalue weighted by molar-refractivity contribution is 7.99. The number of ether oxygens (including phenoxy) is 2. The minimum Gasteiger partial charge on any atom is -0.497 e. The van der Waals surface area contributed by atoms with Crippen LogP contribution in [0.3, 0.4) is 0 Å². The van der Waals surface area contributed by atoms with E-state index in [1.165, 1.54) is 10.5 Å². The van der Waals surface area contributed by atoms with Crippen LogP contribution in [0.5, 0.6) is 11.5 Å². The topological polar surface area (TPSA) is 18.5 Å². The Morgan fingerprint density at radius 1 is 0.889 bits per heavy atom. The van der Waals surface area contributed by atoms with Crippen LogP contribution in [-0.4, -0.2) is 14.2 Å². The second-order valence-corrected chi connectivity index (χ2v) is 5.05. The lowest BCUT2D eigenvalue weighted by Crippen LogP contribution is -1.88. The van der Waals surface area contributed by atoms with E-state index in [9.17, 15) is 0 Å². The van der Waals surface area contributed by atoms with Gasteiger partial charge in [-0.1, -0.05) is 29.5 Å². The van der Waals surface area contributed by atoms with Crippen molar-refractivity contribution in [2.45, 2.75) is 16.7 Å². The van der Waals surface area contributed by atoms with E-state index in [0.717, 1.165) is 16.4 Å². The maximum absolute atomic E-state index is 5.36. The summed E-state index contributed by atoms with van der Waals surface area (Å²) in [7, 11) is 3.35. The van der Waals surface area contributed by atoms with Crippen LogP contribution in [0.25, 0.3) is 0 Å². The van der Waals surface area contributed by atoms with Crippen LogP contribution >= 0.6 is 11.8 Å². The van der Waals surface area contributed by atoms with Crippen molar-refractivity contribution in [3.8, 4) is 11.5 Å². The number of hydrogen-bond acceptors (Lipinski definition) is 3. The van der Waals surface area contributed by atoms with Gasteiger partial charge in [0.15, 0.2) is 0 Å². The fraction of sp³-hybridized carbons (Fsp3) is 0.200. The van der Waals surface area contributed by atoms with E-state index in [1.807, 2.05) is 18.2 Å². The van der Waals surface area contributed by atoms with Crippen molar-refractivity contribution >= 4 is 11.8 Å². The van der Waals surface area contributed by atoms with Gasteiger partial charge in [-0.2, -0.15) is 0 Å². The molecular formula is C15H16O2S. The molecule has 3 heteroatoms. The molecular weight excluding hydrogens is 244 g/mol. The average molecular weight is 260 g/mol. The highest BCUT2D eigenvalue weighted by Crippen LogP contribution is 2.37. The quantitative estimate of drug-likeness (QED) is 0.822. The Labute approximate surface area is 112 Å². The van der Waals surface area contributed by atoms with Crippen LogP contribution in [-0.2, 0) is 0 Å². The van der Waals surface area contributed by atoms with Crippen LogP contribution in [0.15, 0.2) is 52.3 Å². The molecule has 0 atom stereocenters. The summed E-state index contributed by atoms with van der Waals surface area (Å²) in [6.07, 6.45) is 0. The number of aryl methyl sites for hydroxylation is 1. The van der Waals surface area contributed by atoms with Gasteiger partial charge in [0.1, 0.15) is 11.5 Å². The molecule has 0 bridgehead atoms. The van der Waals surface area contributed by atoms with Gasteiger partial charge in [-0.3, -0.25) is 0 Å². The Morgan fingerprint density at radius 2 is 1.61 bits per heavy atom. The minimum absolute atomic E-state index is 0.838. The van der Waals surface area contributed by atoms with E-state index in [1.54, 1.807) is 26.0 Å². The third-order valence-electron chi connectivity index (χ3n) is 2.62. The summed E-state index contributed by atoms with van der Waals surface area (Å²) in [5.74, 6) is 1.70. The second-order valence-electron chi connectivity index (χ2n) is 3.93. The standard InChI is InChI=1S/C15H16O2S/c1-11-4-7-13(8-5-11)18-15-10-12(16-2)6-9-14(15)17-3/h4-10H,1-3H3. The van der Waals surface area contributed by atoms with Gasteiger partial charge in [0.25, 0.3) is 0 Å². The third-order valence-corrected chi connectivity index (χ3v) is 3.67. The van der Waals surface area contributed by atoms with Crippen molar-refractivity contribution in [3.63, 3.8) is 0 Å². The zero-order valence-corrected chi connectivity index (χ0v) is 11.6. The molecule has 0 aliphatic carbocycles. The van der Waals surface area contributed by atoms with Crippen molar-refractivity contribution in [3.05, 3.63) is 48.0 Å². The van der Waals surface area contributed by atoms with E-state index >= 15 is 0 Å². The Kier molecular flexibility index (Phi) is 4.15. The van der Waals surface area contributed by atoms with Gasteiger partial charge in [0.05, 0.1) is 19.1 Å². The Bertz CT molecular complexity index is 521. The molecule has 2 aromatic rings. The third kappa shape index (κ3) is 2.99. The minimum atomic E-state index is 0.838. The predicted octanol–water partition coefficient (Wildman–Crippen LogP) is 4.16. The van der Waals surface area contributed by atoms with Crippen molar-refractivity contribution in [1.82, 2.24) is 0 Å². The fourth-order valence-electron chi connectivity index (χ4n) is 1.60. The van der Waals surface area contributed by atoms with Crippen LogP contribution in [0.2, 0.25) is 0 Å². The number of hydrogen-bond donors (Lipinski definition) is 0. The largest absolute Gasteiger partial charge is 0.497 e. The molecule has 0 unspecified atom stereocenters. The highest BCUT2D eigenvalue weighted by atomic mass is 32.2. The van der Waals surface area contributed by atoms with Crippen molar-refractivity contribution in [2.75, 3.05) is 14.2 Å². The van der Waals surface area contributed by atoms with E-state index < -0.39 is 0 Å². The summed E-state index contributed by atoms with van der Waals surface area (Å²) in [6.45, 7) is 2.08. The summed E-state index contributed by atoms with van der Waals surface area (Å²) in [4.78, 5) is 2.24. The summed E-state index contributed by atoms with van der Waals surface area (Å²) in [5.41, 5.74) is 1.26. The Hall–Kier alpha value is -1.61. The Balaban J connectivity index is 2.29. The predicted molar refractivity (Wildman–Crippen MR) is 74.8 cm³/mol. The lowest BCUT2D eigenvalue weighted by atomic mass is 10.2. The molecule has 2 rings (SSSR count). The maximum Gasteiger partial charge on any atom is 0.133 e. The van der Waals surface area contributed by atoms with E-state index in [-0.39, 0.29) is 0 Å². The first kappa shape index (κ1) is 12.8. The maximum atomic E-state index is 5.36. The second kappa shape index (κ2) is 5.83. The molecule has 2 nitrogen and oxygen atoms in total. The lowest BCUT2D eigenvalue weighted by Gasteiger charge is -2.10.